The summed E-state index contributed by atoms with van der Waals surface area (Å²) in [5, 5.41) is 1.08. The van der Waals surface area contributed by atoms with Crippen LogP contribution in [0.15, 0.2) is 34.0 Å². The molecule has 2 saturated heterocycles. The Labute approximate surface area is 204 Å². The summed E-state index contributed by atoms with van der Waals surface area (Å²) < 4.78 is 2.46. The average Bonchev–Trinajstić information content (AvgIpc) is 3.13. The van der Waals surface area contributed by atoms with E-state index in [0.29, 0.717) is 21.3 Å². The molecule has 2 aromatic rings. The molecule has 3 aliphatic rings. The average molecular weight is 482 g/mol. The van der Waals surface area contributed by atoms with Gasteiger partial charge < -0.3 is 9.47 Å². The second-order valence-electron chi connectivity index (χ2n) is 9.22. The maximum absolute atomic E-state index is 13.8. The topological polar surface area (TPSA) is 45.6 Å². The van der Waals surface area contributed by atoms with Crippen LogP contribution in [-0.4, -0.2) is 38.8 Å². The predicted molar refractivity (Wildman–Crippen MR) is 142 cm³/mol. The number of nitrogens with zero attached hydrogens (tertiary/aromatic N) is 3. The van der Waals surface area contributed by atoms with E-state index in [0.717, 1.165) is 68.2 Å². The van der Waals surface area contributed by atoms with Gasteiger partial charge >= 0.3 is 0 Å². The summed E-state index contributed by atoms with van der Waals surface area (Å²) in [5.74, 6) is -0.0305. The van der Waals surface area contributed by atoms with Gasteiger partial charge in [-0.3, -0.25) is 14.5 Å². The van der Waals surface area contributed by atoms with Crippen LogP contribution in [0.5, 0.6) is 0 Å². The van der Waals surface area contributed by atoms with Crippen molar-refractivity contribution in [1.29, 1.82) is 0 Å². The monoisotopic (exact) mass is 481 g/mol. The molecule has 33 heavy (non-hydrogen) atoms. The van der Waals surface area contributed by atoms with Crippen LogP contribution in [0, 0.1) is 0 Å². The molecule has 0 spiro atoms. The van der Waals surface area contributed by atoms with E-state index >= 15 is 0 Å². The highest BCUT2D eigenvalue weighted by atomic mass is 32.2. The molecule has 1 amide bonds. The molecule has 7 heteroatoms. The van der Waals surface area contributed by atoms with Crippen molar-refractivity contribution >= 4 is 56.9 Å². The van der Waals surface area contributed by atoms with Crippen molar-refractivity contribution in [3.63, 3.8) is 0 Å². The van der Waals surface area contributed by atoms with Gasteiger partial charge in [0.05, 0.1) is 21.7 Å². The number of benzene rings is 1. The van der Waals surface area contributed by atoms with Crippen LogP contribution in [0.25, 0.3) is 17.0 Å². The number of aryl methyl sites for hydroxylation is 1. The highest BCUT2D eigenvalue weighted by Gasteiger charge is 2.38. The third kappa shape index (κ3) is 4.14. The van der Waals surface area contributed by atoms with Crippen molar-refractivity contribution < 1.29 is 4.79 Å². The Kier molecular flexibility index (Phi) is 6.61. The summed E-state index contributed by atoms with van der Waals surface area (Å²) in [7, 11) is 0. The predicted octanol–water partition coefficient (Wildman–Crippen LogP) is 5.55. The first-order chi connectivity index (χ1) is 16.1. The van der Waals surface area contributed by atoms with E-state index < -0.39 is 0 Å². The van der Waals surface area contributed by atoms with Gasteiger partial charge in [0.25, 0.3) is 11.5 Å². The number of hydrogen-bond donors (Lipinski definition) is 0. The summed E-state index contributed by atoms with van der Waals surface area (Å²) in [6.45, 7) is 4.46. The fraction of sp³-hybridized carbons (Fsp3) is 0.500. The molecule has 1 saturated carbocycles. The summed E-state index contributed by atoms with van der Waals surface area (Å²) in [5.41, 5.74) is 2.53. The van der Waals surface area contributed by atoms with Crippen molar-refractivity contribution in [3.05, 3.63) is 45.1 Å². The number of carbonyl (C=O) groups is 1. The molecular formula is C26H31N3O2S2. The number of rotatable bonds is 4. The van der Waals surface area contributed by atoms with Crippen LogP contribution in [0.4, 0.5) is 5.69 Å². The van der Waals surface area contributed by atoms with E-state index in [-0.39, 0.29) is 17.5 Å². The maximum atomic E-state index is 13.8. The standard InChI is InChI=1S/C26H31N3O2S2/c1-2-28-21-14-8-7-13-19(21)23(27-15-9-4-10-16-27)20(24(28)30)17-22-25(31)29(26(32)33-22)18-11-5-3-6-12-18/h7-8,13-14,17-18H,2-6,9-12,15-16H2,1H3. The van der Waals surface area contributed by atoms with Gasteiger partial charge in [-0.1, -0.05) is 61.4 Å². The van der Waals surface area contributed by atoms with Gasteiger partial charge in [0, 0.05) is 31.1 Å². The zero-order chi connectivity index (χ0) is 22.9. The molecule has 174 valence electrons. The second-order valence-corrected chi connectivity index (χ2v) is 10.9. The van der Waals surface area contributed by atoms with Crippen LogP contribution in [0.2, 0.25) is 0 Å². The van der Waals surface area contributed by atoms with Crippen LogP contribution < -0.4 is 10.5 Å². The zero-order valence-corrected chi connectivity index (χ0v) is 20.8. The summed E-state index contributed by atoms with van der Waals surface area (Å²) >= 11 is 7.00. The molecule has 0 N–H and O–H groups in total. The second kappa shape index (κ2) is 9.63. The third-order valence-corrected chi connectivity index (χ3v) is 8.54. The smallest absolute Gasteiger partial charge is 0.266 e. The SMILES string of the molecule is CCn1c(=O)c(C=C2SC(=S)N(C3CCCCC3)C2=O)c(N2CCCCC2)c2ccccc21. The Morgan fingerprint density at radius 1 is 1.03 bits per heavy atom. The van der Waals surface area contributed by atoms with Crippen molar-refractivity contribution in [2.75, 3.05) is 18.0 Å². The highest BCUT2D eigenvalue weighted by molar-refractivity contribution is 8.26. The number of hydrogen-bond acceptors (Lipinski definition) is 5. The van der Waals surface area contributed by atoms with Gasteiger partial charge in [-0.15, -0.1) is 0 Å². The molecule has 3 fully saturated rings. The number of anilines is 1. The molecule has 5 nitrogen and oxygen atoms in total. The first-order valence-electron chi connectivity index (χ1n) is 12.3. The number of fused-ring (bicyclic) bond motifs is 1. The third-order valence-electron chi connectivity index (χ3n) is 7.21. The quantitative estimate of drug-likeness (QED) is 0.423. The minimum atomic E-state index is -0.0305. The lowest BCUT2D eigenvalue weighted by molar-refractivity contribution is -0.124. The van der Waals surface area contributed by atoms with Crippen LogP contribution in [-0.2, 0) is 11.3 Å². The molecule has 0 atom stereocenters. The van der Waals surface area contributed by atoms with Crippen molar-refractivity contribution in [1.82, 2.24) is 9.47 Å². The molecule has 0 unspecified atom stereocenters. The molecule has 1 aromatic carbocycles. The largest absolute Gasteiger partial charge is 0.370 e. The van der Waals surface area contributed by atoms with Crippen molar-refractivity contribution in [2.24, 2.45) is 0 Å². The number of piperidine rings is 1. The fourth-order valence-electron chi connectivity index (χ4n) is 5.58. The molecule has 1 aromatic heterocycles. The number of thiocarbonyl (C=S) groups is 1. The van der Waals surface area contributed by atoms with E-state index in [1.165, 1.54) is 24.6 Å². The molecular weight excluding hydrogens is 450 g/mol. The van der Waals surface area contributed by atoms with Crippen LogP contribution in [0.3, 0.4) is 0 Å². The van der Waals surface area contributed by atoms with Gasteiger partial charge in [0.2, 0.25) is 0 Å². The Balaban J connectivity index is 1.65. The van der Waals surface area contributed by atoms with Gasteiger partial charge in [-0.05, 0) is 51.2 Å². The molecule has 5 rings (SSSR count). The number of para-hydroxylation sites is 1. The highest BCUT2D eigenvalue weighted by Crippen LogP contribution is 2.39. The lowest BCUT2D eigenvalue weighted by Gasteiger charge is -2.32. The van der Waals surface area contributed by atoms with E-state index in [1.54, 1.807) is 0 Å². The maximum Gasteiger partial charge on any atom is 0.266 e. The normalized spacial score (nSPS) is 21.5. The lowest BCUT2D eigenvalue weighted by atomic mass is 9.94. The van der Waals surface area contributed by atoms with E-state index in [9.17, 15) is 9.59 Å². The van der Waals surface area contributed by atoms with Gasteiger partial charge in [0.1, 0.15) is 4.32 Å². The number of aromatic nitrogens is 1. The molecule has 1 aliphatic carbocycles. The molecule has 2 aliphatic heterocycles. The number of carbonyl (C=O) groups excluding carboxylic acids is 1. The molecule has 3 heterocycles. The van der Waals surface area contributed by atoms with E-state index in [2.05, 4.69) is 11.0 Å². The van der Waals surface area contributed by atoms with E-state index in [4.69, 9.17) is 12.2 Å². The first kappa shape index (κ1) is 22.7. The number of amides is 1. The van der Waals surface area contributed by atoms with Crippen LogP contribution in [0.1, 0.15) is 63.9 Å². The Morgan fingerprint density at radius 3 is 2.45 bits per heavy atom. The van der Waals surface area contributed by atoms with E-state index in [1.807, 2.05) is 40.7 Å². The Hall–Kier alpha value is -2.12. The first-order valence-corrected chi connectivity index (χ1v) is 13.5. The lowest BCUT2D eigenvalue weighted by Crippen LogP contribution is -2.39. The fourth-order valence-corrected chi connectivity index (χ4v) is 6.96. The zero-order valence-electron chi connectivity index (χ0n) is 19.2. The summed E-state index contributed by atoms with van der Waals surface area (Å²) in [4.78, 5) is 32.0. The van der Waals surface area contributed by atoms with Gasteiger partial charge in [-0.2, -0.15) is 0 Å². The summed E-state index contributed by atoms with van der Waals surface area (Å²) in [6, 6.07) is 8.35. The van der Waals surface area contributed by atoms with Crippen LogP contribution >= 0.6 is 24.0 Å². The number of thioether (sulfide) groups is 1. The van der Waals surface area contributed by atoms with Gasteiger partial charge in [-0.25, -0.2) is 0 Å². The Morgan fingerprint density at radius 2 is 1.73 bits per heavy atom. The minimum Gasteiger partial charge on any atom is -0.370 e. The van der Waals surface area contributed by atoms with Crippen molar-refractivity contribution in [3.8, 4) is 0 Å². The van der Waals surface area contributed by atoms with Crippen molar-refractivity contribution in [2.45, 2.75) is 70.9 Å². The Bertz CT molecular complexity index is 1170. The summed E-state index contributed by atoms with van der Waals surface area (Å²) in [6.07, 6.45) is 10.8. The minimum absolute atomic E-state index is 0.0280. The molecule has 0 radical (unpaired) electrons. The number of pyridine rings is 1. The van der Waals surface area contributed by atoms with Gasteiger partial charge in [0.15, 0.2) is 0 Å². The molecule has 0 bridgehead atoms.